The van der Waals surface area contributed by atoms with E-state index in [0.29, 0.717) is 11.8 Å². The lowest BCUT2D eigenvalue weighted by atomic mass is 9.85. The highest BCUT2D eigenvalue weighted by atomic mass is 32.2. The van der Waals surface area contributed by atoms with Crippen LogP contribution in [-0.2, 0) is 4.79 Å². The Labute approximate surface area is 149 Å². The van der Waals surface area contributed by atoms with Crippen LogP contribution in [0.15, 0.2) is 60.7 Å². The van der Waals surface area contributed by atoms with Crippen molar-refractivity contribution < 1.29 is 4.79 Å². The Morgan fingerprint density at radius 3 is 2.08 bits per heavy atom. The van der Waals surface area contributed by atoms with E-state index < -0.39 is 0 Å². The summed E-state index contributed by atoms with van der Waals surface area (Å²) in [6, 6.07) is 20.8. The maximum absolute atomic E-state index is 13.2. The van der Waals surface area contributed by atoms with Crippen molar-refractivity contribution in [1.29, 1.82) is 0 Å². The molecule has 0 saturated carbocycles. The van der Waals surface area contributed by atoms with Gasteiger partial charge >= 0.3 is 0 Å². The molecule has 0 spiro atoms. The van der Waals surface area contributed by atoms with E-state index in [0.717, 1.165) is 36.6 Å². The van der Waals surface area contributed by atoms with Crippen molar-refractivity contribution in [2.75, 3.05) is 24.6 Å². The van der Waals surface area contributed by atoms with Gasteiger partial charge in [0.25, 0.3) is 0 Å². The average Bonchev–Trinajstić information content (AvgIpc) is 2.67. The molecule has 1 aliphatic heterocycles. The van der Waals surface area contributed by atoms with Crippen molar-refractivity contribution in [3.63, 3.8) is 0 Å². The second-order valence-corrected chi connectivity index (χ2v) is 7.67. The third kappa shape index (κ3) is 4.21. The molecule has 2 unspecified atom stereocenters. The van der Waals surface area contributed by atoms with Gasteiger partial charge in [0.1, 0.15) is 0 Å². The molecule has 0 bridgehead atoms. The fourth-order valence-corrected chi connectivity index (χ4v) is 4.24. The quantitative estimate of drug-likeness (QED) is 0.797. The molecular formula is C21H25NOS. The number of rotatable bonds is 5. The number of carbonyl (C=O) groups is 1. The lowest BCUT2D eigenvalue weighted by molar-refractivity contribution is -0.132. The van der Waals surface area contributed by atoms with E-state index in [1.807, 2.05) is 36.0 Å². The minimum absolute atomic E-state index is 0.0514. The van der Waals surface area contributed by atoms with Crippen LogP contribution in [0.3, 0.4) is 0 Å². The number of nitrogens with zero attached hydrogens (tertiary/aromatic N) is 1. The summed E-state index contributed by atoms with van der Waals surface area (Å²) in [5.74, 6) is 2.72. The van der Waals surface area contributed by atoms with Gasteiger partial charge in [-0.3, -0.25) is 4.79 Å². The van der Waals surface area contributed by atoms with Crippen LogP contribution < -0.4 is 0 Å². The lowest BCUT2D eigenvalue weighted by Gasteiger charge is -2.31. The summed E-state index contributed by atoms with van der Waals surface area (Å²) in [5, 5.41) is 0. The van der Waals surface area contributed by atoms with Gasteiger partial charge in [0, 0.05) is 24.6 Å². The Bertz CT molecular complexity index is 637. The molecule has 0 radical (unpaired) electrons. The highest BCUT2D eigenvalue weighted by Crippen LogP contribution is 2.31. The molecule has 1 fully saturated rings. The zero-order valence-corrected chi connectivity index (χ0v) is 15.0. The van der Waals surface area contributed by atoms with Crippen molar-refractivity contribution in [3.05, 3.63) is 71.8 Å². The van der Waals surface area contributed by atoms with Crippen molar-refractivity contribution in [3.8, 4) is 0 Å². The van der Waals surface area contributed by atoms with E-state index in [-0.39, 0.29) is 5.92 Å². The molecule has 0 aliphatic carbocycles. The van der Waals surface area contributed by atoms with Gasteiger partial charge in [-0.1, -0.05) is 67.6 Å². The van der Waals surface area contributed by atoms with E-state index in [2.05, 4.69) is 48.2 Å². The molecule has 126 valence electrons. The summed E-state index contributed by atoms with van der Waals surface area (Å²) in [5.41, 5.74) is 2.45. The molecule has 24 heavy (non-hydrogen) atoms. The number of carbonyl (C=O) groups excluding carboxylic acids is 1. The maximum atomic E-state index is 13.2. The van der Waals surface area contributed by atoms with Gasteiger partial charge in [0.15, 0.2) is 0 Å². The van der Waals surface area contributed by atoms with Crippen LogP contribution in [0.1, 0.15) is 36.3 Å². The van der Waals surface area contributed by atoms with Crippen LogP contribution in [0.2, 0.25) is 0 Å². The van der Waals surface area contributed by atoms with Gasteiger partial charge in [-0.05, 0) is 23.5 Å². The maximum Gasteiger partial charge on any atom is 0.230 e. The SMILES string of the molecule is CC(CC(C(=O)N1CCSCC1)c1ccccc1)c1ccccc1. The fourth-order valence-electron chi connectivity index (χ4n) is 3.34. The van der Waals surface area contributed by atoms with Crippen LogP contribution in [0.4, 0.5) is 0 Å². The van der Waals surface area contributed by atoms with E-state index in [4.69, 9.17) is 0 Å². The number of amides is 1. The Kier molecular flexibility index (Phi) is 5.97. The molecule has 2 nitrogen and oxygen atoms in total. The van der Waals surface area contributed by atoms with E-state index in [9.17, 15) is 4.79 Å². The largest absolute Gasteiger partial charge is 0.341 e. The molecular weight excluding hydrogens is 314 g/mol. The first-order valence-corrected chi connectivity index (χ1v) is 9.87. The minimum Gasteiger partial charge on any atom is -0.341 e. The standard InChI is InChI=1S/C21H25NOS/c1-17(18-8-4-2-5-9-18)16-20(19-10-6-3-7-11-19)21(23)22-12-14-24-15-13-22/h2-11,17,20H,12-16H2,1H3. The first-order valence-electron chi connectivity index (χ1n) is 8.72. The van der Waals surface area contributed by atoms with E-state index in [1.54, 1.807) is 0 Å². The molecule has 0 N–H and O–H groups in total. The van der Waals surface area contributed by atoms with Gasteiger partial charge in [0.05, 0.1) is 5.92 Å². The summed E-state index contributed by atoms with van der Waals surface area (Å²) in [6.45, 7) is 3.99. The molecule has 2 atom stereocenters. The van der Waals surface area contributed by atoms with Crippen LogP contribution >= 0.6 is 11.8 Å². The lowest BCUT2D eigenvalue weighted by Crippen LogP contribution is -2.41. The van der Waals surface area contributed by atoms with Gasteiger partial charge in [0.2, 0.25) is 5.91 Å². The molecule has 1 heterocycles. The predicted octanol–water partition coefficient (Wildman–Crippen LogP) is 4.54. The molecule has 2 aromatic carbocycles. The van der Waals surface area contributed by atoms with Gasteiger partial charge in [-0.2, -0.15) is 11.8 Å². The predicted molar refractivity (Wildman–Crippen MR) is 103 cm³/mol. The normalized spacial score (nSPS) is 17.3. The van der Waals surface area contributed by atoms with Crippen LogP contribution in [-0.4, -0.2) is 35.4 Å². The highest BCUT2D eigenvalue weighted by Gasteiger charge is 2.28. The first-order chi connectivity index (χ1) is 11.8. The van der Waals surface area contributed by atoms with Crippen LogP contribution in [0.25, 0.3) is 0 Å². The van der Waals surface area contributed by atoms with Gasteiger partial charge in [-0.25, -0.2) is 0 Å². The fraction of sp³-hybridized carbons (Fsp3) is 0.381. The molecule has 1 amide bonds. The van der Waals surface area contributed by atoms with Crippen molar-refractivity contribution in [2.45, 2.75) is 25.2 Å². The third-order valence-corrected chi connectivity index (χ3v) is 5.72. The van der Waals surface area contributed by atoms with E-state index >= 15 is 0 Å². The number of benzene rings is 2. The zero-order valence-electron chi connectivity index (χ0n) is 14.2. The third-order valence-electron chi connectivity index (χ3n) is 4.78. The second kappa shape index (κ2) is 8.39. The zero-order chi connectivity index (χ0) is 16.8. The Morgan fingerprint density at radius 1 is 0.958 bits per heavy atom. The molecule has 0 aromatic heterocycles. The molecule has 1 aliphatic rings. The first kappa shape index (κ1) is 17.1. The van der Waals surface area contributed by atoms with Crippen molar-refractivity contribution in [1.82, 2.24) is 4.90 Å². The minimum atomic E-state index is -0.0514. The van der Waals surface area contributed by atoms with E-state index in [1.165, 1.54) is 5.56 Å². The van der Waals surface area contributed by atoms with Gasteiger partial charge in [-0.15, -0.1) is 0 Å². The number of hydrogen-bond acceptors (Lipinski definition) is 2. The smallest absolute Gasteiger partial charge is 0.230 e. The Morgan fingerprint density at radius 2 is 1.50 bits per heavy atom. The highest BCUT2D eigenvalue weighted by molar-refractivity contribution is 7.99. The summed E-state index contributed by atoms with van der Waals surface area (Å²) < 4.78 is 0. The van der Waals surface area contributed by atoms with Crippen LogP contribution in [0, 0.1) is 0 Å². The number of thioether (sulfide) groups is 1. The molecule has 2 aromatic rings. The van der Waals surface area contributed by atoms with Crippen LogP contribution in [0.5, 0.6) is 0 Å². The molecule has 3 heteroatoms. The Hall–Kier alpha value is -1.74. The monoisotopic (exact) mass is 339 g/mol. The van der Waals surface area contributed by atoms with Crippen molar-refractivity contribution in [2.24, 2.45) is 0 Å². The van der Waals surface area contributed by atoms with Gasteiger partial charge < -0.3 is 4.90 Å². The average molecular weight is 340 g/mol. The second-order valence-electron chi connectivity index (χ2n) is 6.45. The summed E-state index contributed by atoms with van der Waals surface area (Å²) >= 11 is 1.94. The Balaban J connectivity index is 1.81. The van der Waals surface area contributed by atoms with Crippen molar-refractivity contribution >= 4 is 17.7 Å². The summed E-state index contributed by atoms with van der Waals surface area (Å²) in [6.07, 6.45) is 0.858. The summed E-state index contributed by atoms with van der Waals surface area (Å²) in [4.78, 5) is 15.2. The topological polar surface area (TPSA) is 20.3 Å². The number of hydrogen-bond donors (Lipinski definition) is 0. The molecule has 3 rings (SSSR count). The summed E-state index contributed by atoms with van der Waals surface area (Å²) in [7, 11) is 0. The molecule has 1 saturated heterocycles.